The number of ether oxygens (including phenoxy) is 2. The summed E-state index contributed by atoms with van der Waals surface area (Å²) in [5.41, 5.74) is 0. The molecule has 27 heavy (non-hydrogen) atoms. The molecule has 2 unspecified atom stereocenters. The molecule has 0 radical (unpaired) electrons. The van der Waals surface area contributed by atoms with Gasteiger partial charge < -0.3 is 19.7 Å². The van der Waals surface area contributed by atoms with E-state index >= 15 is 0 Å². The number of nitrogens with one attached hydrogen (secondary N) is 1. The van der Waals surface area contributed by atoms with Crippen LogP contribution < -0.4 is 5.32 Å². The Hall–Kier alpha value is -0.850. The number of rotatable bonds is 8. The minimum atomic E-state index is 0.320. The monoisotopic (exact) mass is 380 g/mol. The summed E-state index contributed by atoms with van der Waals surface area (Å²) in [7, 11) is 2.24. The second-order valence-electron chi connectivity index (χ2n) is 8.45. The van der Waals surface area contributed by atoms with Crippen molar-refractivity contribution in [2.75, 3.05) is 46.4 Å². The number of hydrogen-bond donors (Lipinski definition) is 1. The van der Waals surface area contributed by atoms with Crippen LogP contribution in [0.2, 0.25) is 0 Å². The average Bonchev–Trinajstić information content (AvgIpc) is 3.55. The van der Waals surface area contributed by atoms with Gasteiger partial charge in [-0.1, -0.05) is 0 Å². The van der Waals surface area contributed by atoms with E-state index in [1.54, 1.807) is 0 Å². The van der Waals surface area contributed by atoms with E-state index in [4.69, 9.17) is 14.5 Å². The molecular weight excluding hydrogens is 340 g/mol. The third-order valence-electron chi connectivity index (χ3n) is 6.19. The number of likely N-dealkylation sites (N-methyl/N-ethyl adjacent to an activating group) is 1. The lowest BCUT2D eigenvalue weighted by Gasteiger charge is -2.35. The fourth-order valence-electron chi connectivity index (χ4n) is 4.03. The number of guanidine groups is 1. The third kappa shape index (κ3) is 6.61. The van der Waals surface area contributed by atoms with Crippen molar-refractivity contribution in [1.29, 1.82) is 0 Å². The van der Waals surface area contributed by atoms with E-state index in [0.717, 1.165) is 70.7 Å². The third-order valence-corrected chi connectivity index (χ3v) is 6.19. The Balaban J connectivity index is 1.41. The second-order valence-corrected chi connectivity index (χ2v) is 8.45. The fraction of sp³-hybridized carbons (Fsp3) is 0.952. The van der Waals surface area contributed by atoms with Gasteiger partial charge in [-0.2, -0.15) is 0 Å². The quantitative estimate of drug-likeness (QED) is 0.518. The van der Waals surface area contributed by atoms with Crippen LogP contribution in [0.4, 0.5) is 0 Å². The first kappa shape index (κ1) is 20.9. The second kappa shape index (κ2) is 10.6. The molecular formula is C21H40N4O2. The SMILES string of the molecule is CCNC(=NCC(C)N(C)C1CC1)N1CCC(OCC2CCCCO2)CC1. The molecule has 2 saturated heterocycles. The molecule has 0 aromatic rings. The van der Waals surface area contributed by atoms with Gasteiger partial charge in [0.25, 0.3) is 0 Å². The van der Waals surface area contributed by atoms with Crippen molar-refractivity contribution in [1.82, 2.24) is 15.1 Å². The lowest BCUT2D eigenvalue weighted by molar-refractivity contribution is -0.0721. The van der Waals surface area contributed by atoms with Gasteiger partial charge in [-0.15, -0.1) is 0 Å². The van der Waals surface area contributed by atoms with Crippen molar-refractivity contribution >= 4 is 5.96 Å². The van der Waals surface area contributed by atoms with E-state index in [0.29, 0.717) is 18.2 Å². The number of likely N-dealkylation sites (tertiary alicyclic amines) is 1. The van der Waals surface area contributed by atoms with Crippen LogP contribution in [0, 0.1) is 0 Å². The normalized spacial score (nSPS) is 26.4. The summed E-state index contributed by atoms with van der Waals surface area (Å²) >= 11 is 0. The lowest BCUT2D eigenvalue weighted by Crippen LogP contribution is -2.48. The molecule has 2 atom stereocenters. The van der Waals surface area contributed by atoms with Crippen LogP contribution in [0.15, 0.2) is 4.99 Å². The number of piperidine rings is 1. The summed E-state index contributed by atoms with van der Waals surface area (Å²) in [6.07, 6.45) is 9.19. The highest BCUT2D eigenvalue weighted by Crippen LogP contribution is 2.27. The molecule has 1 N–H and O–H groups in total. The molecule has 0 spiro atoms. The highest BCUT2D eigenvalue weighted by molar-refractivity contribution is 5.80. The van der Waals surface area contributed by atoms with Crippen LogP contribution in [0.1, 0.15) is 58.8 Å². The van der Waals surface area contributed by atoms with Crippen molar-refractivity contribution in [2.24, 2.45) is 4.99 Å². The summed E-state index contributed by atoms with van der Waals surface area (Å²) in [6.45, 7) is 9.94. The van der Waals surface area contributed by atoms with Crippen LogP contribution in [-0.4, -0.2) is 86.5 Å². The topological polar surface area (TPSA) is 49.3 Å². The predicted octanol–water partition coefficient (Wildman–Crippen LogP) is 2.48. The van der Waals surface area contributed by atoms with E-state index in [2.05, 4.69) is 36.0 Å². The maximum Gasteiger partial charge on any atom is 0.193 e. The Morgan fingerprint density at radius 1 is 1.22 bits per heavy atom. The van der Waals surface area contributed by atoms with E-state index in [-0.39, 0.29) is 0 Å². The van der Waals surface area contributed by atoms with Crippen molar-refractivity contribution < 1.29 is 9.47 Å². The minimum absolute atomic E-state index is 0.320. The Morgan fingerprint density at radius 2 is 2.00 bits per heavy atom. The summed E-state index contributed by atoms with van der Waals surface area (Å²) in [5.74, 6) is 1.07. The van der Waals surface area contributed by atoms with Gasteiger partial charge in [0.2, 0.25) is 0 Å². The standard InChI is InChI=1S/C21H40N4O2/c1-4-22-21(23-15-17(2)24(3)18-8-9-18)25-12-10-19(11-13-25)27-16-20-7-5-6-14-26-20/h17-20H,4-16H2,1-3H3,(H,22,23). The number of aliphatic imine (C=N–C) groups is 1. The van der Waals surface area contributed by atoms with Crippen molar-refractivity contribution in [3.05, 3.63) is 0 Å². The molecule has 1 aliphatic carbocycles. The van der Waals surface area contributed by atoms with Gasteiger partial charge in [-0.05, 0) is 65.8 Å². The molecule has 0 amide bonds. The zero-order valence-corrected chi connectivity index (χ0v) is 17.7. The predicted molar refractivity (Wildman–Crippen MR) is 110 cm³/mol. The van der Waals surface area contributed by atoms with Crippen LogP contribution in [-0.2, 0) is 9.47 Å². The van der Waals surface area contributed by atoms with Gasteiger partial charge in [-0.25, -0.2) is 0 Å². The van der Waals surface area contributed by atoms with Crippen molar-refractivity contribution in [2.45, 2.75) is 83.1 Å². The van der Waals surface area contributed by atoms with E-state index < -0.39 is 0 Å². The molecule has 3 fully saturated rings. The first-order valence-electron chi connectivity index (χ1n) is 11.2. The van der Waals surface area contributed by atoms with Gasteiger partial charge in [0.1, 0.15) is 0 Å². The summed E-state index contributed by atoms with van der Waals surface area (Å²) < 4.78 is 11.9. The Morgan fingerprint density at radius 3 is 2.63 bits per heavy atom. The maximum absolute atomic E-state index is 6.15. The van der Waals surface area contributed by atoms with Crippen LogP contribution in [0.5, 0.6) is 0 Å². The molecule has 2 heterocycles. The van der Waals surface area contributed by atoms with Gasteiger partial charge in [0.05, 0.1) is 25.4 Å². The van der Waals surface area contributed by atoms with Crippen LogP contribution in [0.3, 0.4) is 0 Å². The molecule has 2 aliphatic heterocycles. The van der Waals surface area contributed by atoms with Gasteiger partial charge in [0.15, 0.2) is 5.96 Å². The largest absolute Gasteiger partial charge is 0.376 e. The van der Waals surface area contributed by atoms with Crippen LogP contribution in [0.25, 0.3) is 0 Å². The summed E-state index contributed by atoms with van der Waals surface area (Å²) in [4.78, 5) is 9.84. The average molecular weight is 381 g/mol. The number of hydrogen-bond acceptors (Lipinski definition) is 4. The molecule has 3 aliphatic rings. The zero-order chi connectivity index (χ0) is 19.1. The van der Waals surface area contributed by atoms with E-state index in [9.17, 15) is 0 Å². The molecule has 0 aromatic carbocycles. The van der Waals surface area contributed by atoms with E-state index in [1.165, 1.54) is 25.7 Å². The molecule has 0 bridgehead atoms. The molecule has 156 valence electrons. The first-order valence-corrected chi connectivity index (χ1v) is 11.2. The van der Waals surface area contributed by atoms with Crippen molar-refractivity contribution in [3.8, 4) is 0 Å². The fourth-order valence-corrected chi connectivity index (χ4v) is 4.03. The summed E-state index contributed by atoms with van der Waals surface area (Å²) in [5, 5.41) is 3.49. The van der Waals surface area contributed by atoms with Crippen LogP contribution >= 0.6 is 0 Å². The Labute approximate surface area is 165 Å². The molecule has 1 saturated carbocycles. The lowest BCUT2D eigenvalue weighted by atomic mass is 10.1. The minimum Gasteiger partial charge on any atom is -0.376 e. The smallest absolute Gasteiger partial charge is 0.193 e. The highest BCUT2D eigenvalue weighted by Gasteiger charge is 2.29. The molecule has 0 aromatic heterocycles. The van der Waals surface area contributed by atoms with Gasteiger partial charge in [-0.3, -0.25) is 9.89 Å². The van der Waals surface area contributed by atoms with Gasteiger partial charge in [0, 0.05) is 38.3 Å². The van der Waals surface area contributed by atoms with E-state index in [1.807, 2.05) is 0 Å². The molecule has 6 nitrogen and oxygen atoms in total. The van der Waals surface area contributed by atoms with Gasteiger partial charge >= 0.3 is 0 Å². The summed E-state index contributed by atoms with van der Waals surface area (Å²) in [6, 6.07) is 1.29. The maximum atomic E-state index is 6.15. The molecule has 3 rings (SSSR count). The first-order chi connectivity index (χ1) is 13.2. The molecule has 6 heteroatoms. The Bertz CT molecular complexity index is 455. The van der Waals surface area contributed by atoms with Crippen molar-refractivity contribution in [3.63, 3.8) is 0 Å². The zero-order valence-electron chi connectivity index (χ0n) is 17.7. The highest BCUT2D eigenvalue weighted by atomic mass is 16.5. The number of nitrogens with zero attached hydrogens (tertiary/aromatic N) is 3. The Kier molecular flexibility index (Phi) is 8.22.